The van der Waals surface area contributed by atoms with Gasteiger partial charge < -0.3 is 19.9 Å². The lowest BCUT2D eigenvalue weighted by Gasteiger charge is -2.34. The third-order valence-corrected chi connectivity index (χ3v) is 6.02. The summed E-state index contributed by atoms with van der Waals surface area (Å²) in [5, 5.41) is 3.06. The number of anilines is 1. The van der Waals surface area contributed by atoms with Gasteiger partial charge in [-0.05, 0) is 17.7 Å². The molecule has 0 radical (unpaired) electrons. The van der Waals surface area contributed by atoms with Gasteiger partial charge in [0.2, 0.25) is 0 Å². The first-order chi connectivity index (χ1) is 13.8. The Labute approximate surface area is 172 Å². The highest BCUT2D eigenvalue weighted by molar-refractivity contribution is 7.98. The van der Waals surface area contributed by atoms with Crippen molar-refractivity contribution in [1.29, 1.82) is 0 Å². The second kappa shape index (κ2) is 11.0. The van der Waals surface area contributed by atoms with Crippen molar-refractivity contribution in [3.05, 3.63) is 60.2 Å². The van der Waals surface area contributed by atoms with Gasteiger partial charge in [-0.1, -0.05) is 42.5 Å². The predicted octanol–water partition coefficient (Wildman–Crippen LogP) is 1.45. The van der Waals surface area contributed by atoms with Crippen LogP contribution in [0.3, 0.4) is 0 Å². The number of ether oxygens (including phenoxy) is 1. The summed E-state index contributed by atoms with van der Waals surface area (Å²) in [6.07, 6.45) is 0. The summed E-state index contributed by atoms with van der Waals surface area (Å²) in [5.74, 6) is 3.00. The van der Waals surface area contributed by atoms with Crippen molar-refractivity contribution in [3.8, 4) is 5.75 Å². The molecular formula is C22H30N3O2S+. The lowest BCUT2D eigenvalue weighted by Crippen LogP contribution is -3.16. The average molecular weight is 401 g/mol. The molecule has 2 aromatic rings. The van der Waals surface area contributed by atoms with Gasteiger partial charge in [-0.15, -0.1) is 0 Å². The van der Waals surface area contributed by atoms with Crippen LogP contribution in [-0.2, 0) is 10.5 Å². The van der Waals surface area contributed by atoms with Crippen molar-refractivity contribution in [2.45, 2.75) is 5.75 Å². The minimum absolute atomic E-state index is 0.154. The van der Waals surface area contributed by atoms with E-state index in [0.29, 0.717) is 6.54 Å². The van der Waals surface area contributed by atoms with Crippen molar-refractivity contribution in [3.63, 3.8) is 0 Å². The molecule has 1 heterocycles. The molecule has 0 aliphatic carbocycles. The quantitative estimate of drug-likeness (QED) is 0.626. The number of thioether (sulfide) groups is 1. The van der Waals surface area contributed by atoms with Gasteiger partial charge in [-0.3, -0.25) is 4.79 Å². The molecule has 0 spiro atoms. The van der Waals surface area contributed by atoms with E-state index in [9.17, 15) is 4.79 Å². The van der Waals surface area contributed by atoms with Crippen LogP contribution in [0.5, 0.6) is 5.75 Å². The van der Waals surface area contributed by atoms with Crippen LogP contribution >= 0.6 is 11.8 Å². The van der Waals surface area contributed by atoms with Crippen LogP contribution < -0.4 is 19.9 Å². The van der Waals surface area contributed by atoms with E-state index < -0.39 is 0 Å². The molecule has 1 amide bonds. The van der Waals surface area contributed by atoms with E-state index in [1.165, 1.54) is 10.5 Å². The highest BCUT2D eigenvalue weighted by atomic mass is 32.2. The van der Waals surface area contributed by atoms with E-state index in [1.54, 1.807) is 7.11 Å². The molecule has 0 atom stereocenters. The van der Waals surface area contributed by atoms with Crippen LogP contribution in [0.15, 0.2) is 54.6 Å². The van der Waals surface area contributed by atoms with Crippen LogP contribution in [0, 0.1) is 0 Å². The van der Waals surface area contributed by atoms with E-state index in [-0.39, 0.29) is 5.91 Å². The summed E-state index contributed by atoms with van der Waals surface area (Å²) >= 11 is 1.86. The summed E-state index contributed by atoms with van der Waals surface area (Å²) in [7, 11) is 1.71. The maximum absolute atomic E-state index is 12.2. The normalized spacial score (nSPS) is 14.7. The number of quaternary nitrogens is 1. The average Bonchev–Trinajstić information content (AvgIpc) is 2.75. The Balaban J connectivity index is 1.31. The van der Waals surface area contributed by atoms with Crippen molar-refractivity contribution >= 4 is 23.4 Å². The molecule has 0 unspecified atom stereocenters. The number of methoxy groups -OCH3 is 1. The first-order valence-corrected chi connectivity index (χ1v) is 11.0. The highest BCUT2D eigenvalue weighted by Gasteiger charge is 2.23. The Kier molecular flexibility index (Phi) is 8.06. The second-order valence-electron chi connectivity index (χ2n) is 6.97. The minimum atomic E-state index is 0.154. The first-order valence-electron chi connectivity index (χ1n) is 9.86. The number of piperazine rings is 1. The zero-order valence-electron chi connectivity index (χ0n) is 16.5. The van der Waals surface area contributed by atoms with E-state index in [2.05, 4.69) is 40.5 Å². The molecule has 2 N–H and O–H groups in total. The largest absolute Gasteiger partial charge is 0.495 e. The molecule has 2 aromatic carbocycles. The number of nitrogens with zero attached hydrogens (tertiary/aromatic N) is 1. The molecule has 28 heavy (non-hydrogen) atoms. The van der Waals surface area contributed by atoms with Crippen LogP contribution in [-0.4, -0.2) is 58.0 Å². The molecule has 3 rings (SSSR count). The van der Waals surface area contributed by atoms with E-state index in [0.717, 1.165) is 55.7 Å². The molecule has 150 valence electrons. The monoisotopic (exact) mass is 400 g/mol. The Morgan fingerprint density at radius 1 is 1.11 bits per heavy atom. The maximum atomic E-state index is 12.2. The molecule has 1 aliphatic rings. The summed E-state index contributed by atoms with van der Waals surface area (Å²) in [5.41, 5.74) is 2.47. The van der Waals surface area contributed by atoms with Crippen LogP contribution in [0.25, 0.3) is 0 Å². The summed E-state index contributed by atoms with van der Waals surface area (Å²) in [6, 6.07) is 18.6. The summed E-state index contributed by atoms with van der Waals surface area (Å²) in [6.45, 7) is 5.11. The Bertz CT molecular complexity index is 734. The van der Waals surface area contributed by atoms with Crippen LogP contribution in [0.4, 0.5) is 5.69 Å². The van der Waals surface area contributed by atoms with Crippen molar-refractivity contribution < 1.29 is 14.4 Å². The van der Waals surface area contributed by atoms with Crippen molar-refractivity contribution in [2.24, 2.45) is 0 Å². The number of para-hydroxylation sites is 2. The molecular weight excluding hydrogens is 370 g/mol. The van der Waals surface area contributed by atoms with Crippen LogP contribution in [0.2, 0.25) is 0 Å². The van der Waals surface area contributed by atoms with Gasteiger partial charge in [0.1, 0.15) is 5.75 Å². The topological polar surface area (TPSA) is 46.0 Å². The maximum Gasteiger partial charge on any atom is 0.275 e. The summed E-state index contributed by atoms with van der Waals surface area (Å²) in [4.78, 5) is 15.9. The fourth-order valence-electron chi connectivity index (χ4n) is 3.45. The molecule has 0 bridgehead atoms. The Morgan fingerprint density at radius 2 is 1.82 bits per heavy atom. The van der Waals surface area contributed by atoms with Gasteiger partial charge >= 0.3 is 0 Å². The number of amides is 1. The zero-order valence-corrected chi connectivity index (χ0v) is 17.3. The molecule has 6 heteroatoms. The minimum Gasteiger partial charge on any atom is -0.495 e. The molecule has 1 fully saturated rings. The van der Waals surface area contributed by atoms with E-state index in [1.807, 2.05) is 36.0 Å². The van der Waals surface area contributed by atoms with Gasteiger partial charge in [0, 0.05) is 18.1 Å². The lowest BCUT2D eigenvalue weighted by atomic mass is 10.2. The number of rotatable bonds is 9. The predicted molar refractivity (Wildman–Crippen MR) is 116 cm³/mol. The number of benzene rings is 2. The van der Waals surface area contributed by atoms with E-state index in [4.69, 9.17) is 4.74 Å². The van der Waals surface area contributed by atoms with Crippen molar-refractivity contribution in [1.82, 2.24) is 5.32 Å². The molecule has 1 saturated heterocycles. The van der Waals surface area contributed by atoms with E-state index >= 15 is 0 Å². The number of carbonyl (C=O) groups is 1. The van der Waals surface area contributed by atoms with Gasteiger partial charge in [0.25, 0.3) is 5.91 Å². The SMILES string of the molecule is COc1ccccc1N1CC[NH+](CC(=O)NCCSCc2ccccc2)CC1. The third-order valence-electron chi connectivity index (χ3n) is 4.99. The number of carbonyl (C=O) groups excluding carboxylic acids is 1. The first kappa shape index (κ1) is 20.6. The van der Waals surface area contributed by atoms with Gasteiger partial charge in [-0.2, -0.15) is 11.8 Å². The standard InChI is InChI=1S/C22H29N3O2S/c1-27-21-10-6-5-9-20(21)25-14-12-24(13-15-25)17-22(26)23-11-16-28-18-19-7-3-2-4-8-19/h2-10H,11-18H2,1H3,(H,23,26)/p+1. The molecule has 5 nitrogen and oxygen atoms in total. The molecule has 0 saturated carbocycles. The number of nitrogens with one attached hydrogen (secondary N) is 2. The van der Waals surface area contributed by atoms with Gasteiger partial charge in [0.05, 0.1) is 39.0 Å². The number of hydrogen-bond donors (Lipinski definition) is 2. The van der Waals surface area contributed by atoms with Gasteiger partial charge in [0.15, 0.2) is 6.54 Å². The van der Waals surface area contributed by atoms with Crippen LogP contribution in [0.1, 0.15) is 5.56 Å². The van der Waals surface area contributed by atoms with Crippen molar-refractivity contribution in [2.75, 3.05) is 57.0 Å². The second-order valence-corrected chi connectivity index (χ2v) is 8.08. The number of hydrogen-bond acceptors (Lipinski definition) is 4. The molecule has 0 aromatic heterocycles. The molecule has 1 aliphatic heterocycles. The smallest absolute Gasteiger partial charge is 0.275 e. The highest BCUT2D eigenvalue weighted by Crippen LogP contribution is 2.27. The fourth-order valence-corrected chi connectivity index (χ4v) is 4.27. The third kappa shape index (κ3) is 6.17. The summed E-state index contributed by atoms with van der Waals surface area (Å²) < 4.78 is 5.47. The zero-order chi connectivity index (χ0) is 19.6. The Hall–Kier alpha value is -2.18. The Morgan fingerprint density at radius 3 is 2.57 bits per heavy atom. The van der Waals surface area contributed by atoms with Gasteiger partial charge in [-0.25, -0.2) is 0 Å². The lowest BCUT2D eigenvalue weighted by molar-refractivity contribution is -0.892. The fraction of sp³-hybridized carbons (Fsp3) is 0.409.